The van der Waals surface area contributed by atoms with Gasteiger partial charge in [0.2, 0.25) is 6.43 Å². The molecule has 0 amide bonds. The SMILES string of the molecule is CCC(CC)C(=O)/C=C(\O)C(CC)CC.C[Si](C)(C)c1cc(-c2ncnc3c2sc2cc(CC(F)F)ccc23)[c-]c2ccccc12.[Ir]. The summed E-state index contributed by atoms with van der Waals surface area (Å²) in [6, 6.07) is 19.7. The van der Waals surface area contributed by atoms with E-state index in [9.17, 15) is 18.7 Å². The molecule has 1 radical (unpaired) electrons. The molecule has 0 saturated carbocycles. The molecule has 5 rings (SSSR count). The van der Waals surface area contributed by atoms with Crippen molar-refractivity contribution >= 4 is 61.5 Å². The average Bonchev–Trinajstić information content (AvgIpc) is 3.39. The van der Waals surface area contributed by atoms with Crippen LogP contribution in [0.1, 0.15) is 58.9 Å². The van der Waals surface area contributed by atoms with E-state index in [2.05, 4.69) is 59.9 Å². The topological polar surface area (TPSA) is 63.1 Å². The third-order valence-electron chi connectivity index (χ3n) is 8.63. The number of halogens is 2. The van der Waals surface area contributed by atoms with Crippen LogP contribution in [0.5, 0.6) is 0 Å². The molecule has 1 N–H and O–H groups in total. The van der Waals surface area contributed by atoms with Crippen LogP contribution in [0.25, 0.3) is 42.3 Å². The quantitative estimate of drug-likeness (QED) is 0.0622. The van der Waals surface area contributed by atoms with Crippen LogP contribution in [0, 0.1) is 17.9 Å². The van der Waals surface area contributed by atoms with E-state index in [4.69, 9.17) is 0 Å². The van der Waals surface area contributed by atoms with Crippen molar-refractivity contribution in [2.75, 3.05) is 0 Å². The number of hydrogen-bond acceptors (Lipinski definition) is 5. The van der Waals surface area contributed by atoms with Crippen molar-refractivity contribution in [1.82, 2.24) is 9.97 Å². The van der Waals surface area contributed by atoms with E-state index in [1.165, 1.54) is 16.6 Å². The summed E-state index contributed by atoms with van der Waals surface area (Å²) in [5.41, 5.74) is 3.32. The van der Waals surface area contributed by atoms with Gasteiger partial charge in [0.05, 0.1) is 19.3 Å². The Hall–Kier alpha value is -2.84. The molecule has 0 fully saturated rings. The van der Waals surface area contributed by atoms with E-state index in [1.807, 2.05) is 45.9 Å². The molecule has 0 aliphatic rings. The van der Waals surface area contributed by atoms with Gasteiger partial charge >= 0.3 is 0 Å². The summed E-state index contributed by atoms with van der Waals surface area (Å²) in [5, 5.41) is 14.5. The fourth-order valence-electron chi connectivity index (χ4n) is 5.87. The zero-order chi connectivity index (χ0) is 33.6. The van der Waals surface area contributed by atoms with E-state index >= 15 is 0 Å². The van der Waals surface area contributed by atoms with Gasteiger partial charge in [-0.2, -0.15) is 0 Å². The number of carbonyl (C=O) groups excluding carboxylic acids is 1. The van der Waals surface area contributed by atoms with Crippen molar-refractivity contribution in [3.8, 4) is 11.3 Å². The summed E-state index contributed by atoms with van der Waals surface area (Å²) in [6.07, 6.45) is 3.91. The number of aromatic nitrogens is 2. The van der Waals surface area contributed by atoms with Crippen molar-refractivity contribution in [3.05, 3.63) is 78.3 Å². The Bertz CT molecular complexity index is 1840. The van der Waals surface area contributed by atoms with Gasteiger partial charge in [-0.25, -0.2) is 13.8 Å². The van der Waals surface area contributed by atoms with Crippen molar-refractivity contribution < 1.29 is 38.8 Å². The largest absolute Gasteiger partial charge is 0.512 e. The van der Waals surface area contributed by atoms with Crippen molar-refractivity contribution in [3.63, 3.8) is 0 Å². The normalized spacial score (nSPS) is 12.2. The molecule has 9 heteroatoms. The Morgan fingerprint density at radius 1 is 0.936 bits per heavy atom. The molecule has 5 aromatic rings. The maximum Gasteiger partial charge on any atom is 0.242 e. The number of ketones is 1. The predicted molar refractivity (Wildman–Crippen MR) is 193 cm³/mol. The van der Waals surface area contributed by atoms with Crippen LogP contribution < -0.4 is 5.19 Å². The first kappa shape index (κ1) is 38.6. The van der Waals surface area contributed by atoms with E-state index in [0.29, 0.717) is 5.56 Å². The minimum atomic E-state index is -2.35. The number of carbonyl (C=O) groups is 1. The molecule has 47 heavy (non-hydrogen) atoms. The van der Waals surface area contributed by atoms with E-state index in [0.717, 1.165) is 62.6 Å². The molecular weight excluding hydrogens is 807 g/mol. The van der Waals surface area contributed by atoms with Gasteiger partial charge in [0.15, 0.2) is 5.78 Å². The van der Waals surface area contributed by atoms with Crippen molar-refractivity contribution in [1.29, 1.82) is 0 Å². The van der Waals surface area contributed by atoms with Gasteiger partial charge in [0.25, 0.3) is 0 Å². The molecule has 0 bridgehead atoms. The monoisotopic (exact) mass is 852 g/mol. The molecule has 2 heterocycles. The number of alkyl halides is 2. The molecule has 2 aromatic heterocycles. The Balaban J connectivity index is 0.000000322. The number of fused-ring (bicyclic) bond motifs is 4. The van der Waals surface area contributed by atoms with E-state index in [1.54, 1.807) is 23.7 Å². The van der Waals surface area contributed by atoms with Crippen LogP contribution in [0.4, 0.5) is 8.78 Å². The van der Waals surface area contributed by atoms with Crippen LogP contribution in [0.2, 0.25) is 19.6 Å². The summed E-state index contributed by atoms with van der Waals surface area (Å²) in [4.78, 5) is 20.9. The third kappa shape index (κ3) is 9.20. The van der Waals surface area contributed by atoms with Crippen LogP contribution >= 0.6 is 11.3 Å². The Morgan fingerprint density at radius 3 is 2.21 bits per heavy atom. The molecule has 0 saturated heterocycles. The van der Waals surface area contributed by atoms with Gasteiger partial charge in [0.1, 0.15) is 6.33 Å². The summed E-state index contributed by atoms with van der Waals surface area (Å²) in [6.45, 7) is 15.1. The standard InChI is InChI=1S/C25H21F2N2SSi.C13H24O2.Ir/c1-31(2,3)21-13-17(12-16-6-4-5-7-18(16)21)23-25-24(29-14-28-23)19-9-8-15(11-22(26)27)10-20(19)30-25;1-5-10(6-2)12(14)9-13(15)11(7-3)8-4;/h4-10,13-14,22H,11H2,1-3H3;9-11,14H,5-8H2,1-4H3;/q-1;;/b;12-9-;. The van der Waals surface area contributed by atoms with E-state index < -0.39 is 14.5 Å². The van der Waals surface area contributed by atoms with Gasteiger partial charge in [-0.3, -0.25) is 9.78 Å². The fourth-order valence-corrected chi connectivity index (χ4v) is 8.70. The van der Waals surface area contributed by atoms with Crippen LogP contribution in [-0.2, 0) is 31.3 Å². The molecule has 4 nitrogen and oxygen atoms in total. The first-order valence-electron chi connectivity index (χ1n) is 16.3. The summed E-state index contributed by atoms with van der Waals surface area (Å²) >= 11 is 1.56. The zero-order valence-corrected chi connectivity index (χ0v) is 32.5. The molecular formula is C38H45F2IrN2O2SSi-. The maximum atomic E-state index is 12.9. The molecule has 0 unspecified atom stereocenters. The number of nitrogens with zero attached hydrogens (tertiary/aromatic N) is 2. The Kier molecular flexibility index (Phi) is 14.0. The number of allylic oxidation sites excluding steroid dienone is 2. The second-order valence-corrected chi connectivity index (χ2v) is 18.9. The summed E-state index contributed by atoms with van der Waals surface area (Å²) in [7, 11) is -1.62. The minimum absolute atomic E-state index is 0. The van der Waals surface area contributed by atoms with Gasteiger partial charge < -0.3 is 5.11 Å². The molecule has 0 aliphatic carbocycles. The number of thiophene rings is 1. The van der Waals surface area contributed by atoms with Gasteiger partial charge in [0, 0.05) is 64.9 Å². The van der Waals surface area contributed by atoms with Crippen molar-refractivity contribution in [2.24, 2.45) is 11.8 Å². The first-order valence-corrected chi connectivity index (χ1v) is 20.6. The van der Waals surface area contributed by atoms with Crippen LogP contribution in [-0.4, -0.2) is 35.4 Å². The van der Waals surface area contributed by atoms with Crippen molar-refractivity contribution in [2.45, 2.75) is 85.9 Å². The number of rotatable bonds is 11. The molecule has 0 aliphatic heterocycles. The fraction of sp³-hybridized carbons (Fsp3) is 0.395. The molecule has 253 valence electrons. The number of benzene rings is 3. The van der Waals surface area contributed by atoms with E-state index in [-0.39, 0.29) is 49.9 Å². The zero-order valence-electron chi connectivity index (χ0n) is 28.3. The average molecular weight is 852 g/mol. The second kappa shape index (κ2) is 17.0. The van der Waals surface area contributed by atoms with Crippen LogP contribution in [0.15, 0.2) is 66.7 Å². The number of hydrogen-bond donors (Lipinski definition) is 1. The van der Waals surface area contributed by atoms with Gasteiger partial charge in [-0.05, 0) is 37.3 Å². The number of aliphatic hydroxyl groups excluding tert-OH is 1. The maximum absolute atomic E-state index is 12.9. The Morgan fingerprint density at radius 2 is 1.60 bits per heavy atom. The van der Waals surface area contributed by atoms with Gasteiger partial charge in [-0.1, -0.05) is 88.6 Å². The second-order valence-electron chi connectivity index (χ2n) is 12.8. The summed E-state index contributed by atoms with van der Waals surface area (Å²) < 4.78 is 27.6. The number of aliphatic hydroxyl groups is 1. The smallest absolute Gasteiger partial charge is 0.242 e. The third-order valence-corrected chi connectivity index (χ3v) is 11.8. The summed E-state index contributed by atoms with van der Waals surface area (Å²) in [5.74, 6) is 0.547. The minimum Gasteiger partial charge on any atom is -0.512 e. The molecule has 0 atom stereocenters. The first-order chi connectivity index (χ1) is 21.9. The molecule has 0 spiro atoms. The van der Waals surface area contributed by atoms with Crippen LogP contribution in [0.3, 0.4) is 0 Å². The molecule has 3 aromatic carbocycles. The van der Waals surface area contributed by atoms with Gasteiger partial charge in [-0.15, -0.1) is 40.1 Å². The Labute approximate surface area is 296 Å². The predicted octanol–water partition coefficient (Wildman–Crippen LogP) is 10.7.